The van der Waals surface area contributed by atoms with Crippen LogP contribution in [0, 0.1) is 6.92 Å². The number of aromatic nitrogens is 10. The minimum atomic E-state index is -4.62. The quantitative estimate of drug-likeness (QED) is 0.0236. The standard InChI is InChI=1S/C63H65N12O18P3S2/c1-37-30-73(62(78)72-59(37)76)51-27-45(91-94(79)80)49(89-51)32-86-95(81,97-43-15-9-5-10-16-43)93-47-29-53(75-36-69-55-58(75)70-61(65)71-60(55)77)90-50(47)33-87-96(82,98-44-17-11-6-12-18-44)92-46-28-52(74-35-68-54-56(64)66-34-67-57(54)74)88-48(46)31-85-63(38-13-7-4-8-14-38,39-19-23-41(83-2)24-20-39)40-21-25-42(84-3)26-22-40/h4-26,30,34-36,45-53,94H,27-29,31-33H2,1-3H3,(H,79,80)(H2,64,66,67)(H,72,76,78)(H3,65,70,71,77)/t45-,46-,47-,48-,49-,50-,51-,52-,53-,95?,96?/m1/s1. The monoisotopic (exact) mass is 1430 g/mol. The Morgan fingerprint density at radius 2 is 1.08 bits per heavy atom. The maximum Gasteiger partial charge on any atom is 0.394 e. The Morgan fingerprint density at radius 3 is 1.62 bits per heavy atom. The van der Waals surface area contributed by atoms with Gasteiger partial charge in [0.1, 0.15) is 78.1 Å². The van der Waals surface area contributed by atoms with Crippen LogP contribution in [0.3, 0.4) is 0 Å². The SMILES string of the molecule is COc1ccc(C(OC[C@H]2O[C@@H](n3cnc4c(N)ncnc43)C[C@H]2OP(=O)(OC[C@H]2O[C@@H](n3cnc4c(=O)[nH]c(N)nc43)C[C@H]2OP(=O)(OC[C@H]2O[C@@H](n3cc(C)c(=O)[nH]c3=O)C[C@H]2O[PH](=O)O)Sc2ccccc2)Sc2ccccc2)(c2ccccc2)c2ccc(OC)cc2)cc1. The highest BCUT2D eigenvalue weighted by atomic mass is 32.7. The molecule has 0 aliphatic carbocycles. The van der Waals surface area contributed by atoms with Gasteiger partial charge in [-0.15, -0.1) is 0 Å². The van der Waals surface area contributed by atoms with Crippen molar-refractivity contribution < 1.29 is 69.6 Å². The summed E-state index contributed by atoms with van der Waals surface area (Å²) < 4.78 is 120. The van der Waals surface area contributed by atoms with Gasteiger partial charge in [0.05, 0.1) is 52.8 Å². The van der Waals surface area contributed by atoms with Crippen molar-refractivity contribution in [2.24, 2.45) is 0 Å². The fourth-order valence-electron chi connectivity index (χ4n) is 11.9. The van der Waals surface area contributed by atoms with Gasteiger partial charge < -0.3 is 49.3 Å². The highest BCUT2D eigenvalue weighted by Gasteiger charge is 2.50. The van der Waals surface area contributed by atoms with Gasteiger partial charge in [0, 0.05) is 40.8 Å². The number of nitrogens with zero attached hydrogens (tertiary/aromatic N) is 8. The van der Waals surface area contributed by atoms with Crippen molar-refractivity contribution in [2.45, 2.75) is 96.9 Å². The van der Waals surface area contributed by atoms with Gasteiger partial charge >= 0.3 is 27.5 Å². The van der Waals surface area contributed by atoms with Crippen LogP contribution in [0.25, 0.3) is 22.3 Å². The molecule has 3 fully saturated rings. The molecule has 3 saturated heterocycles. The molecule has 30 nitrogen and oxygen atoms in total. The van der Waals surface area contributed by atoms with E-state index in [0.717, 1.165) is 44.0 Å². The first-order chi connectivity index (χ1) is 47.4. The number of hydrogen-bond donors (Lipinski definition) is 5. The second kappa shape index (κ2) is 29.4. The smallest absolute Gasteiger partial charge is 0.394 e. The number of nitrogens with one attached hydrogen (secondary N) is 2. The molecule has 3 unspecified atom stereocenters. The number of nitrogens with two attached hydrogens (primary N) is 2. The predicted octanol–water partition coefficient (Wildman–Crippen LogP) is 9.24. The first kappa shape index (κ1) is 68.4. The van der Waals surface area contributed by atoms with E-state index in [1.54, 1.807) is 79.5 Å². The van der Waals surface area contributed by atoms with Gasteiger partial charge in [-0.2, -0.15) is 4.98 Å². The topological polar surface area (TPSA) is 387 Å². The molecule has 0 radical (unpaired) electrons. The zero-order valence-electron chi connectivity index (χ0n) is 52.4. The summed E-state index contributed by atoms with van der Waals surface area (Å²) in [5, 5.41) is 0. The minimum Gasteiger partial charge on any atom is -0.497 e. The highest BCUT2D eigenvalue weighted by Crippen LogP contribution is 2.68. The molecule has 10 aromatic rings. The number of anilines is 2. The molecule has 12 atom stereocenters. The largest absolute Gasteiger partial charge is 0.497 e. The molecule has 3 aliphatic heterocycles. The first-order valence-corrected chi connectivity index (χ1v) is 37.7. The van der Waals surface area contributed by atoms with Crippen molar-refractivity contribution in [2.75, 3.05) is 45.5 Å². The van der Waals surface area contributed by atoms with Gasteiger partial charge in [-0.3, -0.25) is 55.9 Å². The number of methoxy groups -OCH3 is 2. The molecular weight excluding hydrogens is 1370 g/mol. The minimum absolute atomic E-state index is 0.0113. The van der Waals surface area contributed by atoms with Crippen LogP contribution < -0.4 is 37.7 Å². The van der Waals surface area contributed by atoms with Crippen molar-refractivity contribution in [3.63, 3.8) is 0 Å². The summed E-state index contributed by atoms with van der Waals surface area (Å²) in [7, 11) is -0.484. The maximum atomic E-state index is 16.4. The fraction of sp³-hybridized carbons (Fsp3) is 0.302. The number of aryl methyl sites for hydroxylation is 1. The highest BCUT2D eigenvalue weighted by molar-refractivity contribution is 8.55. The Balaban J connectivity index is 0.855. The Labute approximate surface area is 566 Å². The molecule has 8 heterocycles. The van der Waals surface area contributed by atoms with E-state index in [1.165, 1.54) is 36.7 Å². The Bertz CT molecular complexity index is 4730. The summed E-state index contributed by atoms with van der Waals surface area (Å²) in [5.41, 5.74) is 11.9. The van der Waals surface area contributed by atoms with Crippen LogP contribution in [-0.2, 0) is 60.9 Å². The third-order valence-corrected chi connectivity index (χ3v) is 24.3. The Kier molecular flexibility index (Phi) is 20.5. The van der Waals surface area contributed by atoms with Crippen molar-refractivity contribution in [3.8, 4) is 11.5 Å². The van der Waals surface area contributed by atoms with E-state index < -0.39 is 113 Å². The molecule has 98 heavy (non-hydrogen) atoms. The number of benzene rings is 5. The summed E-state index contributed by atoms with van der Waals surface area (Å²) in [6.45, 7) is -9.15. The van der Waals surface area contributed by atoms with Crippen LogP contribution in [0.5, 0.6) is 11.5 Å². The zero-order chi connectivity index (χ0) is 68.3. The van der Waals surface area contributed by atoms with Gasteiger partial charge in [0.2, 0.25) is 5.95 Å². The lowest BCUT2D eigenvalue weighted by atomic mass is 9.80. The number of aromatic amines is 2. The number of nitrogen functional groups attached to an aromatic ring is 2. The van der Waals surface area contributed by atoms with Crippen LogP contribution in [0.4, 0.5) is 11.8 Å². The molecule has 3 aliphatic rings. The third-order valence-electron chi connectivity index (χ3n) is 16.6. The maximum absolute atomic E-state index is 16.4. The zero-order valence-corrected chi connectivity index (χ0v) is 56.8. The lowest BCUT2D eigenvalue weighted by Gasteiger charge is -2.37. The van der Waals surface area contributed by atoms with Crippen LogP contribution >= 0.6 is 44.6 Å². The number of imidazole rings is 2. The van der Waals surface area contributed by atoms with Crippen LogP contribution in [0.2, 0.25) is 0 Å². The predicted molar refractivity (Wildman–Crippen MR) is 360 cm³/mol. The van der Waals surface area contributed by atoms with Gasteiger partial charge in [-0.1, -0.05) is 91.0 Å². The molecule has 0 bridgehead atoms. The van der Waals surface area contributed by atoms with Crippen LogP contribution in [0.15, 0.2) is 189 Å². The second-order valence-corrected chi connectivity index (χ2v) is 31.3. The average molecular weight is 1440 g/mol. The fourth-order valence-corrected chi connectivity index (χ4v) is 19.4. The van der Waals surface area contributed by atoms with Crippen LogP contribution in [-0.4, -0.2) is 124 Å². The summed E-state index contributed by atoms with van der Waals surface area (Å²) in [5.74, 6) is 1.13. The van der Waals surface area contributed by atoms with Crippen molar-refractivity contribution in [1.82, 2.24) is 48.6 Å². The summed E-state index contributed by atoms with van der Waals surface area (Å²) >= 11 is 1.53. The lowest BCUT2D eigenvalue weighted by molar-refractivity contribution is -0.0914. The van der Waals surface area contributed by atoms with E-state index >= 15 is 9.13 Å². The molecule has 0 amide bonds. The summed E-state index contributed by atoms with van der Waals surface area (Å²) in [6, 6.07) is 41.9. The Hall–Kier alpha value is -8.13. The van der Waals surface area contributed by atoms with Gasteiger partial charge in [0.25, 0.3) is 11.1 Å². The van der Waals surface area contributed by atoms with Gasteiger partial charge in [-0.25, -0.2) is 33.9 Å². The molecule has 5 aromatic carbocycles. The normalized spacial score (nSPS) is 22.6. The number of ether oxygens (including phenoxy) is 6. The number of fused-ring (bicyclic) bond motifs is 2. The molecule has 0 saturated carbocycles. The number of rotatable bonds is 27. The summed E-state index contributed by atoms with van der Waals surface area (Å²) in [4.78, 5) is 76.1. The Morgan fingerprint density at radius 1 is 0.602 bits per heavy atom. The van der Waals surface area contributed by atoms with E-state index in [1.807, 2.05) is 78.9 Å². The van der Waals surface area contributed by atoms with E-state index in [-0.39, 0.29) is 54.4 Å². The molecular formula is C63H65N12O18P3S2. The van der Waals surface area contributed by atoms with E-state index in [0.29, 0.717) is 32.5 Å². The molecule has 512 valence electrons. The van der Waals surface area contributed by atoms with Crippen molar-refractivity contribution >= 4 is 78.7 Å². The molecule has 5 aromatic heterocycles. The van der Waals surface area contributed by atoms with E-state index in [4.69, 9.17) is 62.5 Å². The van der Waals surface area contributed by atoms with E-state index in [9.17, 15) is 23.8 Å². The molecule has 35 heteroatoms. The van der Waals surface area contributed by atoms with Gasteiger partial charge in [0.15, 0.2) is 22.6 Å². The number of H-pyrrole nitrogens is 2. The average Bonchev–Trinajstić information content (AvgIpc) is 1.08. The molecule has 0 spiro atoms. The van der Waals surface area contributed by atoms with Crippen molar-refractivity contribution in [3.05, 3.63) is 218 Å². The summed E-state index contributed by atoms with van der Waals surface area (Å²) in [6.07, 6.45) is -5.27. The second-order valence-electron chi connectivity index (χ2n) is 22.8. The first-order valence-electron chi connectivity index (χ1n) is 30.5. The number of hydrogen-bond acceptors (Lipinski definition) is 26. The van der Waals surface area contributed by atoms with Crippen LogP contribution in [0.1, 0.15) is 60.2 Å². The van der Waals surface area contributed by atoms with Crippen molar-refractivity contribution in [1.29, 1.82) is 0 Å². The molecule has 7 N–H and O–H groups in total. The molecule has 13 rings (SSSR count). The van der Waals surface area contributed by atoms with Gasteiger partial charge in [-0.05, 0) is 94.9 Å². The van der Waals surface area contributed by atoms with E-state index in [2.05, 4.69) is 34.9 Å². The lowest BCUT2D eigenvalue weighted by Crippen LogP contribution is -2.38. The third kappa shape index (κ3) is 14.8.